The molecule has 5 heteroatoms. The summed E-state index contributed by atoms with van der Waals surface area (Å²) in [7, 11) is -0.556. The highest BCUT2D eigenvalue weighted by Gasteiger charge is 2.43. The topological polar surface area (TPSA) is 18.5 Å². The van der Waals surface area contributed by atoms with E-state index in [4.69, 9.17) is 32.5 Å². The molecule has 1 heterocycles. The van der Waals surface area contributed by atoms with Crippen molar-refractivity contribution in [1.82, 2.24) is 0 Å². The highest BCUT2D eigenvalue weighted by atomic mass is 35.5. The van der Waals surface area contributed by atoms with Crippen LogP contribution in [-0.2, 0) is 9.31 Å². The fraction of sp³-hybridized carbons (Fsp3) is 0.294. The minimum absolute atomic E-state index is 0.0835. The molecule has 2 aromatic carbocycles. The van der Waals surface area contributed by atoms with Gasteiger partial charge in [-0.3, -0.25) is 0 Å². The van der Waals surface area contributed by atoms with Crippen LogP contribution in [0.1, 0.15) is 25.5 Å². The summed E-state index contributed by atoms with van der Waals surface area (Å²) >= 11 is 12.6. The molecule has 0 aliphatic carbocycles. The van der Waals surface area contributed by atoms with Crippen LogP contribution in [0.25, 0.3) is 0 Å². The van der Waals surface area contributed by atoms with Crippen molar-refractivity contribution in [2.45, 2.75) is 20.0 Å². The number of benzene rings is 2. The summed E-state index contributed by atoms with van der Waals surface area (Å²) in [6.07, 6.45) is -0.0835. The van der Waals surface area contributed by atoms with Gasteiger partial charge in [0, 0.05) is 27.5 Å². The summed E-state index contributed by atoms with van der Waals surface area (Å²) in [6.45, 7) is 4.84. The third-order valence-corrected chi connectivity index (χ3v) is 4.57. The number of hydrogen-bond donors (Lipinski definition) is 0. The van der Waals surface area contributed by atoms with Crippen molar-refractivity contribution >= 4 is 35.8 Å². The molecular weight excluding hydrogens is 318 g/mol. The maximum absolute atomic E-state index is 6.28. The molecule has 3 rings (SSSR count). The van der Waals surface area contributed by atoms with Crippen LogP contribution in [0.3, 0.4) is 0 Å². The van der Waals surface area contributed by atoms with Crippen molar-refractivity contribution in [1.29, 1.82) is 0 Å². The molecule has 1 aliphatic rings. The Kier molecular flexibility index (Phi) is 4.51. The Morgan fingerprint density at radius 3 is 2.27 bits per heavy atom. The molecule has 1 fully saturated rings. The molecule has 22 heavy (non-hydrogen) atoms. The average Bonchev–Trinajstić information content (AvgIpc) is 2.49. The Morgan fingerprint density at radius 1 is 1.00 bits per heavy atom. The first-order valence-electron chi connectivity index (χ1n) is 7.25. The van der Waals surface area contributed by atoms with E-state index in [-0.39, 0.29) is 11.5 Å². The van der Waals surface area contributed by atoms with Crippen LogP contribution in [0.4, 0.5) is 0 Å². The fourth-order valence-electron chi connectivity index (χ4n) is 2.76. The summed E-state index contributed by atoms with van der Waals surface area (Å²) in [6, 6.07) is 15.6. The quantitative estimate of drug-likeness (QED) is 0.753. The first-order chi connectivity index (χ1) is 10.5. The van der Waals surface area contributed by atoms with Crippen molar-refractivity contribution in [3.63, 3.8) is 0 Å². The molecule has 2 nitrogen and oxygen atoms in total. The Bertz CT molecular complexity index is 641. The molecule has 0 spiro atoms. The second kappa shape index (κ2) is 6.25. The lowest BCUT2D eigenvalue weighted by atomic mass is 9.72. The summed E-state index contributed by atoms with van der Waals surface area (Å²) in [5, 5.41) is 1.12. The molecule has 1 saturated heterocycles. The van der Waals surface area contributed by atoms with Crippen LogP contribution in [0.5, 0.6) is 0 Å². The lowest BCUT2D eigenvalue weighted by Gasteiger charge is -2.41. The van der Waals surface area contributed by atoms with Gasteiger partial charge in [-0.05, 0) is 17.7 Å². The van der Waals surface area contributed by atoms with E-state index in [2.05, 4.69) is 26.0 Å². The van der Waals surface area contributed by atoms with Gasteiger partial charge in [0.1, 0.15) is 0 Å². The van der Waals surface area contributed by atoms with Gasteiger partial charge < -0.3 is 9.31 Å². The Hall–Kier alpha value is -0.995. The predicted octanol–water partition coefficient (Wildman–Crippen LogP) is 4.50. The smallest absolute Gasteiger partial charge is 0.407 e. The van der Waals surface area contributed by atoms with Crippen LogP contribution in [0.2, 0.25) is 10.0 Å². The molecule has 2 aromatic rings. The number of halogens is 2. The van der Waals surface area contributed by atoms with Crippen LogP contribution < -0.4 is 5.46 Å². The normalized spacial score (nSPS) is 20.9. The third kappa shape index (κ3) is 3.04. The molecule has 0 amide bonds. The van der Waals surface area contributed by atoms with Gasteiger partial charge in [0.15, 0.2) is 0 Å². The summed E-state index contributed by atoms with van der Waals surface area (Å²) in [4.78, 5) is 0. The zero-order chi connectivity index (χ0) is 15.7. The maximum atomic E-state index is 6.28. The van der Waals surface area contributed by atoms with E-state index in [9.17, 15) is 0 Å². The van der Waals surface area contributed by atoms with E-state index in [0.29, 0.717) is 22.1 Å². The number of rotatable bonds is 2. The van der Waals surface area contributed by atoms with Crippen LogP contribution in [-0.4, -0.2) is 13.7 Å². The molecule has 1 atom stereocenters. The molecule has 114 valence electrons. The molecule has 0 radical (unpaired) electrons. The largest absolute Gasteiger partial charge is 0.497 e. The zero-order valence-electron chi connectivity index (χ0n) is 12.6. The lowest BCUT2D eigenvalue weighted by molar-refractivity contribution is -0.0352. The van der Waals surface area contributed by atoms with Crippen molar-refractivity contribution in [2.75, 3.05) is 6.61 Å². The standard InChI is InChI=1S/C17H17BCl2O2/c1-17(2)11-21-18(15-13(19)9-6-10-14(15)20)22-16(17)12-7-4-3-5-8-12/h3-10,16H,11H2,1-2H3. The molecule has 0 aromatic heterocycles. The van der Waals surface area contributed by atoms with E-state index in [1.165, 1.54) is 0 Å². The molecule has 0 N–H and O–H groups in total. The maximum Gasteiger partial charge on any atom is 0.497 e. The first kappa shape index (κ1) is 15.9. The van der Waals surface area contributed by atoms with Crippen molar-refractivity contribution < 1.29 is 9.31 Å². The second-order valence-corrected chi connectivity index (χ2v) is 7.01. The Morgan fingerprint density at radius 2 is 1.64 bits per heavy atom. The van der Waals surface area contributed by atoms with Gasteiger partial charge in [0.05, 0.1) is 6.10 Å². The van der Waals surface area contributed by atoms with Crippen LogP contribution in [0.15, 0.2) is 48.5 Å². The summed E-state index contributed by atoms with van der Waals surface area (Å²) in [5.74, 6) is 0. The van der Waals surface area contributed by atoms with E-state index >= 15 is 0 Å². The zero-order valence-corrected chi connectivity index (χ0v) is 14.1. The fourth-order valence-corrected chi connectivity index (χ4v) is 3.33. The van der Waals surface area contributed by atoms with Gasteiger partial charge in [-0.15, -0.1) is 0 Å². The van der Waals surface area contributed by atoms with Crippen LogP contribution >= 0.6 is 23.2 Å². The predicted molar refractivity (Wildman–Crippen MR) is 91.9 cm³/mol. The van der Waals surface area contributed by atoms with Gasteiger partial charge in [-0.25, -0.2) is 0 Å². The van der Waals surface area contributed by atoms with Gasteiger partial charge >= 0.3 is 7.12 Å². The summed E-state index contributed by atoms with van der Waals surface area (Å²) < 4.78 is 12.1. The first-order valence-corrected chi connectivity index (χ1v) is 8.00. The van der Waals surface area contributed by atoms with Gasteiger partial charge in [0.2, 0.25) is 0 Å². The van der Waals surface area contributed by atoms with E-state index < -0.39 is 7.12 Å². The molecule has 1 unspecified atom stereocenters. The van der Waals surface area contributed by atoms with Crippen molar-refractivity contribution in [3.8, 4) is 0 Å². The monoisotopic (exact) mass is 334 g/mol. The minimum Gasteiger partial charge on any atom is -0.407 e. The number of hydrogen-bond acceptors (Lipinski definition) is 2. The molecule has 1 aliphatic heterocycles. The summed E-state index contributed by atoms with van der Waals surface area (Å²) in [5.41, 5.74) is 1.69. The van der Waals surface area contributed by atoms with Gasteiger partial charge in [0.25, 0.3) is 0 Å². The van der Waals surface area contributed by atoms with E-state index in [1.54, 1.807) is 12.1 Å². The Labute approximate surface area is 141 Å². The second-order valence-electron chi connectivity index (χ2n) is 6.19. The average molecular weight is 335 g/mol. The highest BCUT2D eigenvalue weighted by Crippen LogP contribution is 2.40. The Balaban J connectivity index is 1.95. The van der Waals surface area contributed by atoms with Crippen molar-refractivity contribution in [2.24, 2.45) is 5.41 Å². The van der Waals surface area contributed by atoms with Gasteiger partial charge in [-0.1, -0.05) is 73.4 Å². The van der Waals surface area contributed by atoms with E-state index in [0.717, 1.165) is 5.56 Å². The van der Waals surface area contributed by atoms with Gasteiger partial charge in [-0.2, -0.15) is 0 Å². The molecule has 0 saturated carbocycles. The highest BCUT2D eigenvalue weighted by molar-refractivity contribution is 6.68. The van der Waals surface area contributed by atoms with E-state index in [1.807, 2.05) is 24.3 Å². The third-order valence-electron chi connectivity index (χ3n) is 3.91. The minimum atomic E-state index is -0.556. The SMILES string of the molecule is CC1(C)COB(c2c(Cl)cccc2Cl)OC1c1ccccc1. The lowest BCUT2D eigenvalue weighted by Crippen LogP contribution is -2.49. The molecular formula is C17H17BCl2O2. The molecule has 0 bridgehead atoms. The van der Waals surface area contributed by atoms with Crippen LogP contribution in [0, 0.1) is 5.41 Å². The van der Waals surface area contributed by atoms with Crippen molar-refractivity contribution in [3.05, 3.63) is 64.1 Å².